The minimum absolute atomic E-state index is 0.0178. The van der Waals surface area contributed by atoms with E-state index in [1.165, 1.54) is 10.6 Å². The number of rotatable bonds is 23. The Morgan fingerprint density at radius 2 is 1.55 bits per heavy atom. The molecule has 1 fully saturated rings. The van der Waals surface area contributed by atoms with E-state index in [4.69, 9.17) is 19.6 Å². The smallest absolute Gasteiger partial charge is 0.343 e. The van der Waals surface area contributed by atoms with Crippen molar-refractivity contribution in [2.75, 3.05) is 46.1 Å². The zero-order chi connectivity index (χ0) is 58.6. The summed E-state index contributed by atoms with van der Waals surface area (Å²) in [5, 5.41) is 39.0. The fourth-order valence-corrected chi connectivity index (χ4v) is 11.4. The van der Waals surface area contributed by atoms with Gasteiger partial charge in [-0.2, -0.15) is 0 Å². The van der Waals surface area contributed by atoms with Gasteiger partial charge in [0, 0.05) is 47.7 Å². The van der Waals surface area contributed by atoms with Crippen LogP contribution in [0.2, 0.25) is 0 Å². The van der Waals surface area contributed by atoms with E-state index in [9.17, 15) is 57.8 Å². The van der Waals surface area contributed by atoms with Crippen molar-refractivity contribution in [3.63, 3.8) is 0 Å². The number of carboxylic acids is 1. The number of amides is 8. The number of carboxylic acid groups (broad SMARTS) is 1. The average Bonchev–Trinajstić information content (AvgIpc) is 4.28. The number of fused-ring (bicyclic) bond motifs is 5. The number of ether oxygens (including phenoxy) is 2. The molecule has 0 radical (unpaired) electrons. The van der Waals surface area contributed by atoms with Gasteiger partial charge in [0.1, 0.15) is 31.2 Å². The summed E-state index contributed by atoms with van der Waals surface area (Å²) >= 11 is 0. The number of pyridine rings is 2. The number of aryl methyl sites for hydroxylation is 1. The molecule has 25 nitrogen and oxygen atoms in total. The number of aromatic nitrogens is 2. The molecule has 9 N–H and O–H groups in total. The number of nitrogens with one attached hydrogen (secondary N) is 7. The summed E-state index contributed by atoms with van der Waals surface area (Å²) in [7, 11) is 0. The van der Waals surface area contributed by atoms with Crippen LogP contribution < -0.4 is 42.8 Å². The zero-order valence-corrected chi connectivity index (χ0v) is 44.9. The first-order valence-electron chi connectivity index (χ1n) is 26.8. The van der Waals surface area contributed by atoms with Gasteiger partial charge in [0.25, 0.3) is 17.4 Å². The monoisotopic (exact) mass is 1130 g/mol. The number of cyclic esters (lactones) is 1. The van der Waals surface area contributed by atoms with Gasteiger partial charge in [0.2, 0.25) is 35.4 Å². The van der Waals surface area contributed by atoms with Crippen LogP contribution in [0, 0.1) is 18.2 Å². The molecule has 3 aliphatic heterocycles. The molecule has 1 saturated carbocycles. The van der Waals surface area contributed by atoms with Gasteiger partial charge >= 0.3 is 11.9 Å². The summed E-state index contributed by atoms with van der Waals surface area (Å²) in [5.41, 5.74) is 0.994. The first kappa shape index (κ1) is 57.9. The Balaban J connectivity index is 0.797. The lowest BCUT2D eigenvalue weighted by atomic mass is 9.80. The Morgan fingerprint density at radius 1 is 0.866 bits per heavy atom. The number of halogens is 1. The highest BCUT2D eigenvalue weighted by Gasteiger charge is 2.47. The Bertz CT molecular complexity index is 3400. The molecule has 0 saturated heterocycles. The SMILES string of the molecule is CC[C@@]1(O)C(=O)OCc2c1cc1n(c2=O)Cc2c-1nc1cc(F)c(C)c3c1c2C(NC(=O)C1(COCNC(=O)CNC(=O)[C@H](Cc2ccccc2)NC(=O)CNC(=O)CNC(=O)[C@@H](CNCC(=O)O)N2C(=O)C=CC2=O)CCCC1)CC3. The number of esters is 1. The molecule has 5 aliphatic rings. The normalized spacial score (nSPS) is 18.9. The second-order valence-electron chi connectivity index (χ2n) is 20.9. The Labute approximate surface area is 467 Å². The molecule has 432 valence electrons. The summed E-state index contributed by atoms with van der Waals surface area (Å²) in [4.78, 5) is 148. The zero-order valence-electron chi connectivity index (χ0n) is 44.9. The molecule has 8 amide bonds. The Kier molecular flexibility index (Phi) is 17.1. The molecule has 0 spiro atoms. The molecule has 4 aromatic rings. The van der Waals surface area contributed by atoms with Crippen molar-refractivity contribution in [1.82, 2.24) is 51.7 Å². The predicted molar refractivity (Wildman–Crippen MR) is 285 cm³/mol. The van der Waals surface area contributed by atoms with Crippen LogP contribution in [0.4, 0.5) is 4.39 Å². The number of carbonyl (C=O) groups is 10. The molecule has 82 heavy (non-hydrogen) atoms. The van der Waals surface area contributed by atoms with E-state index in [1.807, 2.05) is 0 Å². The summed E-state index contributed by atoms with van der Waals surface area (Å²) in [6, 6.07) is 8.22. The van der Waals surface area contributed by atoms with Gasteiger partial charge in [-0.05, 0) is 67.3 Å². The fourth-order valence-electron chi connectivity index (χ4n) is 11.4. The molecule has 1 unspecified atom stereocenters. The van der Waals surface area contributed by atoms with Gasteiger partial charge in [0.15, 0.2) is 5.60 Å². The third-order valence-electron chi connectivity index (χ3n) is 15.8. The maximum Gasteiger partial charge on any atom is 0.343 e. The molecule has 26 heteroatoms. The summed E-state index contributed by atoms with van der Waals surface area (Å²) in [6.45, 7) is -0.278. The van der Waals surface area contributed by atoms with Crippen molar-refractivity contribution in [2.45, 2.75) is 102 Å². The molecule has 5 heterocycles. The second kappa shape index (κ2) is 24.1. The van der Waals surface area contributed by atoms with Gasteiger partial charge in [0.05, 0.1) is 73.3 Å². The lowest BCUT2D eigenvalue weighted by molar-refractivity contribution is -0.172. The number of aliphatic hydroxyl groups is 1. The van der Waals surface area contributed by atoms with Crippen molar-refractivity contribution in [2.24, 2.45) is 5.41 Å². The van der Waals surface area contributed by atoms with Crippen LogP contribution in [0.3, 0.4) is 0 Å². The fraction of sp³-hybridized carbons (Fsp3) is 0.429. The molecule has 9 rings (SSSR count). The number of imide groups is 1. The average molecular weight is 1130 g/mol. The first-order chi connectivity index (χ1) is 39.2. The van der Waals surface area contributed by atoms with Crippen LogP contribution >= 0.6 is 0 Å². The molecular weight excluding hydrogens is 1070 g/mol. The Morgan fingerprint density at radius 3 is 2.24 bits per heavy atom. The number of hydrogen-bond donors (Lipinski definition) is 9. The van der Waals surface area contributed by atoms with Crippen LogP contribution in [-0.4, -0.2) is 142 Å². The van der Waals surface area contributed by atoms with Crippen molar-refractivity contribution < 1.29 is 72.0 Å². The van der Waals surface area contributed by atoms with Gasteiger partial charge in [-0.3, -0.25) is 52.8 Å². The minimum Gasteiger partial charge on any atom is -0.480 e. The highest BCUT2D eigenvalue weighted by molar-refractivity contribution is 6.15. The van der Waals surface area contributed by atoms with Crippen molar-refractivity contribution in [3.05, 3.63) is 110 Å². The van der Waals surface area contributed by atoms with E-state index < -0.39 is 127 Å². The molecule has 2 aromatic carbocycles. The molecule has 2 aromatic heterocycles. The Hall–Kier alpha value is -8.75. The number of aliphatic carboxylic acids is 1. The van der Waals surface area contributed by atoms with Gasteiger partial charge < -0.3 is 61.5 Å². The number of nitrogens with zero attached hydrogens (tertiary/aromatic N) is 3. The highest BCUT2D eigenvalue weighted by Crippen LogP contribution is 2.47. The second-order valence-corrected chi connectivity index (χ2v) is 20.9. The van der Waals surface area contributed by atoms with Crippen molar-refractivity contribution in [1.29, 1.82) is 0 Å². The molecule has 0 bridgehead atoms. The third kappa shape index (κ3) is 11.7. The quantitative estimate of drug-likeness (QED) is 0.0169. The van der Waals surface area contributed by atoms with E-state index in [2.05, 4.69) is 37.2 Å². The van der Waals surface area contributed by atoms with Crippen LogP contribution in [-0.2, 0) is 89.0 Å². The lowest BCUT2D eigenvalue weighted by Crippen LogP contribution is -2.56. The van der Waals surface area contributed by atoms with Gasteiger partial charge in [-0.25, -0.2) is 14.2 Å². The maximum absolute atomic E-state index is 15.6. The molecular formula is C56H61FN10O15. The minimum atomic E-state index is -2.06. The summed E-state index contributed by atoms with van der Waals surface area (Å²) in [6.07, 6.45) is 5.02. The van der Waals surface area contributed by atoms with E-state index in [0.29, 0.717) is 75.1 Å². The van der Waals surface area contributed by atoms with Crippen LogP contribution in [0.5, 0.6) is 0 Å². The van der Waals surface area contributed by atoms with E-state index in [1.54, 1.807) is 50.2 Å². The number of benzene rings is 2. The topological polar surface area (TPSA) is 352 Å². The molecule has 2 aliphatic carbocycles. The third-order valence-corrected chi connectivity index (χ3v) is 15.8. The number of hydrogen-bond acceptors (Lipinski definition) is 16. The van der Waals surface area contributed by atoms with Gasteiger partial charge in [-0.15, -0.1) is 0 Å². The summed E-state index contributed by atoms with van der Waals surface area (Å²) < 4.78 is 28.3. The standard InChI is InChI=1S/C56H61FN10O15/c1-3-56(80)34-18-39-49-32(25-66(39)52(77)33(34)26-82-54(56)79)48-36(12-11-31-29(2)35(57)19-37(64-49)47(31)48)65-53(78)55(15-7-8-16-55)27-81-28-62-42(69)22-60-50(75)38(17-30-9-5-4-6-10-30)63-43(70)23-59-41(68)21-61-51(76)40(20-58-24-46(73)74)67-44(71)13-14-45(67)72/h4-6,9-10,13-14,18-19,36,38,40,58,80H,3,7-8,11-12,15-17,20-28H2,1-2H3,(H,59,68)(H,60,75)(H,61,76)(H,62,69)(H,63,70)(H,65,78)(H,73,74)/t36?,38-,40+,56-/m0/s1. The van der Waals surface area contributed by atoms with E-state index >= 15 is 4.39 Å². The van der Waals surface area contributed by atoms with Crippen LogP contribution in [0.1, 0.15) is 90.4 Å². The lowest BCUT2D eigenvalue weighted by Gasteiger charge is -2.34. The van der Waals surface area contributed by atoms with Crippen LogP contribution in [0.15, 0.2) is 59.4 Å². The van der Waals surface area contributed by atoms with Crippen molar-refractivity contribution >= 4 is 70.1 Å². The van der Waals surface area contributed by atoms with Crippen molar-refractivity contribution in [3.8, 4) is 11.4 Å². The van der Waals surface area contributed by atoms with Crippen LogP contribution in [0.25, 0.3) is 22.3 Å². The predicted octanol–water partition coefficient (Wildman–Crippen LogP) is -0.675. The van der Waals surface area contributed by atoms with E-state index in [0.717, 1.165) is 30.6 Å². The molecule has 4 atom stereocenters. The number of carbonyl (C=O) groups excluding carboxylic acids is 9. The maximum atomic E-state index is 15.6. The van der Waals surface area contributed by atoms with Gasteiger partial charge in [-0.1, -0.05) is 50.1 Å². The highest BCUT2D eigenvalue weighted by atomic mass is 19.1. The first-order valence-corrected chi connectivity index (χ1v) is 26.8. The summed E-state index contributed by atoms with van der Waals surface area (Å²) in [5.74, 6) is -8.55. The largest absolute Gasteiger partial charge is 0.480 e. The van der Waals surface area contributed by atoms with E-state index in [-0.39, 0.29) is 56.4 Å².